The standard InChI is InChI=1S/C15H15FN6O/c16-10-4-6-11(7-5-10)20-13(23)9-2-1-3-12(8-9)21-15(19)22-14(17)18/h1-8H,(H,20,23)(H6,17,18,19,21,22). The lowest BCUT2D eigenvalue weighted by atomic mass is 10.2. The van der Waals surface area contributed by atoms with Gasteiger partial charge < -0.3 is 22.5 Å². The number of anilines is 1. The number of aliphatic imine (C=N–C) groups is 2. The summed E-state index contributed by atoms with van der Waals surface area (Å²) in [5.41, 5.74) is 17.2. The van der Waals surface area contributed by atoms with Gasteiger partial charge in [0.1, 0.15) is 5.82 Å². The molecule has 0 aliphatic rings. The molecule has 0 atom stereocenters. The monoisotopic (exact) mass is 314 g/mol. The minimum absolute atomic E-state index is 0.124. The number of amides is 1. The van der Waals surface area contributed by atoms with Crippen LogP contribution in [-0.4, -0.2) is 17.8 Å². The van der Waals surface area contributed by atoms with E-state index in [1.807, 2.05) is 0 Å². The Bertz CT molecular complexity index is 766. The number of nitrogens with one attached hydrogen (secondary N) is 1. The van der Waals surface area contributed by atoms with Crippen molar-refractivity contribution in [2.24, 2.45) is 27.2 Å². The number of guanidine groups is 2. The first-order chi connectivity index (χ1) is 10.9. The summed E-state index contributed by atoms with van der Waals surface area (Å²) in [6.07, 6.45) is 0. The number of nitrogens with two attached hydrogens (primary N) is 3. The molecule has 0 fully saturated rings. The van der Waals surface area contributed by atoms with Crippen molar-refractivity contribution in [3.8, 4) is 0 Å². The molecule has 2 aromatic rings. The van der Waals surface area contributed by atoms with Gasteiger partial charge in [0, 0.05) is 11.3 Å². The fourth-order valence-electron chi connectivity index (χ4n) is 1.74. The second kappa shape index (κ2) is 7.03. The van der Waals surface area contributed by atoms with E-state index < -0.39 is 0 Å². The van der Waals surface area contributed by atoms with Gasteiger partial charge in [-0.15, -0.1) is 0 Å². The van der Waals surface area contributed by atoms with Crippen molar-refractivity contribution in [3.63, 3.8) is 0 Å². The van der Waals surface area contributed by atoms with Crippen LogP contribution >= 0.6 is 0 Å². The van der Waals surface area contributed by atoms with Gasteiger partial charge in [0.15, 0.2) is 5.96 Å². The van der Waals surface area contributed by atoms with Crippen molar-refractivity contribution < 1.29 is 9.18 Å². The van der Waals surface area contributed by atoms with Gasteiger partial charge in [-0.3, -0.25) is 4.79 Å². The Hall–Kier alpha value is -3.42. The van der Waals surface area contributed by atoms with Crippen molar-refractivity contribution in [1.29, 1.82) is 0 Å². The zero-order valence-electron chi connectivity index (χ0n) is 12.0. The maximum Gasteiger partial charge on any atom is 0.255 e. The largest absolute Gasteiger partial charge is 0.370 e. The summed E-state index contributed by atoms with van der Waals surface area (Å²) in [7, 11) is 0. The second-order valence-electron chi connectivity index (χ2n) is 4.52. The summed E-state index contributed by atoms with van der Waals surface area (Å²) in [6.45, 7) is 0. The number of carbonyl (C=O) groups is 1. The third-order valence-corrected chi connectivity index (χ3v) is 2.70. The molecule has 8 heteroatoms. The van der Waals surface area contributed by atoms with E-state index in [1.54, 1.807) is 18.2 Å². The predicted molar refractivity (Wildman–Crippen MR) is 87.9 cm³/mol. The normalized spacial score (nSPS) is 10.9. The van der Waals surface area contributed by atoms with Gasteiger partial charge in [-0.25, -0.2) is 9.38 Å². The number of nitrogens with zero attached hydrogens (tertiary/aromatic N) is 2. The van der Waals surface area contributed by atoms with Crippen molar-refractivity contribution in [2.75, 3.05) is 5.32 Å². The van der Waals surface area contributed by atoms with E-state index in [2.05, 4.69) is 15.3 Å². The van der Waals surface area contributed by atoms with E-state index in [0.717, 1.165) is 0 Å². The molecule has 0 aliphatic heterocycles. The van der Waals surface area contributed by atoms with Crippen LogP contribution in [0.2, 0.25) is 0 Å². The van der Waals surface area contributed by atoms with Crippen LogP contribution < -0.4 is 22.5 Å². The van der Waals surface area contributed by atoms with Crippen molar-refractivity contribution in [1.82, 2.24) is 0 Å². The maximum absolute atomic E-state index is 12.8. The molecule has 0 aromatic heterocycles. The molecule has 2 aromatic carbocycles. The molecule has 1 amide bonds. The lowest BCUT2D eigenvalue weighted by Crippen LogP contribution is -2.26. The van der Waals surface area contributed by atoms with Crippen molar-refractivity contribution in [3.05, 3.63) is 59.9 Å². The number of rotatable bonds is 3. The highest BCUT2D eigenvalue weighted by Gasteiger charge is 2.07. The summed E-state index contributed by atoms with van der Waals surface area (Å²) in [6, 6.07) is 11.9. The minimum Gasteiger partial charge on any atom is -0.370 e. The molecule has 23 heavy (non-hydrogen) atoms. The van der Waals surface area contributed by atoms with E-state index in [4.69, 9.17) is 17.2 Å². The fraction of sp³-hybridized carbons (Fsp3) is 0. The van der Waals surface area contributed by atoms with E-state index in [1.165, 1.54) is 30.3 Å². The van der Waals surface area contributed by atoms with Gasteiger partial charge in [0.05, 0.1) is 5.69 Å². The topological polar surface area (TPSA) is 132 Å². The first kappa shape index (κ1) is 16.0. The summed E-state index contributed by atoms with van der Waals surface area (Å²) < 4.78 is 12.8. The highest BCUT2D eigenvalue weighted by Crippen LogP contribution is 2.16. The third kappa shape index (κ3) is 4.81. The van der Waals surface area contributed by atoms with Gasteiger partial charge in [0.25, 0.3) is 5.91 Å². The molecule has 0 bridgehead atoms. The van der Waals surface area contributed by atoms with Crippen molar-refractivity contribution in [2.45, 2.75) is 0 Å². The highest BCUT2D eigenvalue weighted by molar-refractivity contribution is 6.04. The zero-order chi connectivity index (χ0) is 16.8. The first-order valence-electron chi connectivity index (χ1n) is 6.55. The Labute approximate surface area is 131 Å². The molecule has 118 valence electrons. The van der Waals surface area contributed by atoms with E-state index in [9.17, 15) is 9.18 Å². The Balaban J connectivity index is 2.17. The summed E-state index contributed by atoms with van der Waals surface area (Å²) >= 11 is 0. The average molecular weight is 314 g/mol. The molecule has 0 unspecified atom stereocenters. The van der Waals surface area contributed by atoms with Crippen LogP contribution in [0.15, 0.2) is 58.5 Å². The molecule has 7 N–H and O–H groups in total. The van der Waals surface area contributed by atoms with Crippen LogP contribution in [0.3, 0.4) is 0 Å². The highest BCUT2D eigenvalue weighted by atomic mass is 19.1. The van der Waals surface area contributed by atoms with Gasteiger partial charge in [-0.2, -0.15) is 4.99 Å². The molecular formula is C15H15FN6O. The molecule has 2 rings (SSSR count). The lowest BCUT2D eigenvalue weighted by Gasteiger charge is -2.06. The molecule has 0 spiro atoms. The Morgan fingerprint density at radius 2 is 1.74 bits per heavy atom. The Morgan fingerprint density at radius 3 is 2.39 bits per heavy atom. The van der Waals surface area contributed by atoms with E-state index in [0.29, 0.717) is 16.9 Å². The smallest absolute Gasteiger partial charge is 0.255 e. The Kier molecular flexibility index (Phi) is 4.88. The zero-order valence-corrected chi connectivity index (χ0v) is 12.0. The van der Waals surface area contributed by atoms with Crippen LogP contribution in [0, 0.1) is 5.82 Å². The van der Waals surface area contributed by atoms with E-state index in [-0.39, 0.29) is 23.6 Å². The summed E-state index contributed by atoms with van der Waals surface area (Å²) in [5, 5.41) is 2.65. The average Bonchev–Trinajstić information content (AvgIpc) is 2.49. The SMILES string of the molecule is NC(N)=NC(N)=Nc1cccc(C(=O)Nc2ccc(F)cc2)c1. The van der Waals surface area contributed by atoms with Crippen LogP contribution in [0.25, 0.3) is 0 Å². The lowest BCUT2D eigenvalue weighted by molar-refractivity contribution is 0.102. The number of halogens is 1. The van der Waals surface area contributed by atoms with Gasteiger partial charge in [-0.1, -0.05) is 6.07 Å². The van der Waals surface area contributed by atoms with Gasteiger partial charge in [0.2, 0.25) is 5.96 Å². The van der Waals surface area contributed by atoms with Crippen molar-refractivity contribution >= 4 is 29.2 Å². The quantitative estimate of drug-likeness (QED) is 0.502. The molecule has 0 saturated heterocycles. The number of carbonyl (C=O) groups excluding carboxylic acids is 1. The molecular weight excluding hydrogens is 299 g/mol. The summed E-state index contributed by atoms with van der Waals surface area (Å²) in [4.78, 5) is 19.7. The van der Waals surface area contributed by atoms with Gasteiger partial charge >= 0.3 is 0 Å². The van der Waals surface area contributed by atoms with Crippen LogP contribution in [0.4, 0.5) is 15.8 Å². The molecule has 0 saturated carbocycles. The van der Waals surface area contributed by atoms with E-state index >= 15 is 0 Å². The summed E-state index contributed by atoms with van der Waals surface area (Å²) in [5.74, 6) is -1.08. The maximum atomic E-state index is 12.8. The molecule has 0 aliphatic carbocycles. The Morgan fingerprint density at radius 1 is 1.04 bits per heavy atom. The van der Waals surface area contributed by atoms with Crippen LogP contribution in [-0.2, 0) is 0 Å². The van der Waals surface area contributed by atoms with Crippen LogP contribution in [0.5, 0.6) is 0 Å². The fourth-order valence-corrected chi connectivity index (χ4v) is 1.74. The first-order valence-corrected chi connectivity index (χ1v) is 6.55. The third-order valence-electron chi connectivity index (χ3n) is 2.70. The predicted octanol–water partition coefficient (Wildman–Crippen LogP) is 1.30. The number of hydrogen-bond donors (Lipinski definition) is 4. The van der Waals surface area contributed by atoms with Crippen LogP contribution in [0.1, 0.15) is 10.4 Å². The second-order valence-corrected chi connectivity index (χ2v) is 4.52. The molecule has 7 nitrogen and oxygen atoms in total. The number of hydrogen-bond acceptors (Lipinski definition) is 2. The minimum atomic E-state index is -0.380. The molecule has 0 radical (unpaired) electrons. The molecule has 0 heterocycles. The van der Waals surface area contributed by atoms with Gasteiger partial charge in [-0.05, 0) is 42.5 Å². The number of benzene rings is 2.